The van der Waals surface area contributed by atoms with E-state index in [2.05, 4.69) is 46.4 Å². The first kappa shape index (κ1) is 19.8. The number of rotatable bonds is 1. The number of H-pyrrole nitrogens is 1. The molecule has 28 heavy (non-hydrogen) atoms. The number of anilines is 1. The SMILES string of the molecule is CC(C)(C)C(=O)Nc1nc2ccc3ccc(C#C[Si](C)(C)C)cc3c2c(=O)[nH]1. The Balaban J connectivity index is 2.14. The van der Waals surface area contributed by atoms with Crippen molar-refractivity contribution in [3.05, 3.63) is 46.2 Å². The fourth-order valence-corrected chi connectivity index (χ4v) is 3.17. The number of benzene rings is 2. The van der Waals surface area contributed by atoms with E-state index in [1.807, 2.05) is 24.3 Å². The second kappa shape index (κ2) is 6.92. The molecule has 2 N–H and O–H groups in total. The molecule has 0 saturated carbocycles. The van der Waals surface area contributed by atoms with Crippen LogP contribution in [0.2, 0.25) is 19.6 Å². The van der Waals surface area contributed by atoms with Gasteiger partial charge < -0.3 is 0 Å². The monoisotopic (exact) mass is 391 g/mol. The van der Waals surface area contributed by atoms with E-state index in [-0.39, 0.29) is 17.4 Å². The smallest absolute Gasteiger partial charge is 0.260 e. The second-order valence-corrected chi connectivity index (χ2v) is 13.8. The van der Waals surface area contributed by atoms with Gasteiger partial charge in [0.05, 0.1) is 10.9 Å². The van der Waals surface area contributed by atoms with Gasteiger partial charge in [-0.2, -0.15) is 0 Å². The Labute approximate surface area is 165 Å². The zero-order valence-corrected chi connectivity index (χ0v) is 18.2. The maximum atomic E-state index is 12.8. The van der Waals surface area contributed by atoms with Crippen LogP contribution < -0.4 is 10.9 Å². The number of carbonyl (C=O) groups excluding carboxylic acids is 1. The first-order valence-electron chi connectivity index (χ1n) is 9.25. The molecule has 0 aliphatic carbocycles. The van der Waals surface area contributed by atoms with E-state index in [0.29, 0.717) is 10.9 Å². The minimum Gasteiger partial charge on any atom is -0.296 e. The van der Waals surface area contributed by atoms with Gasteiger partial charge in [-0.1, -0.05) is 58.5 Å². The Morgan fingerprint density at radius 1 is 1.14 bits per heavy atom. The van der Waals surface area contributed by atoms with E-state index < -0.39 is 13.5 Å². The van der Waals surface area contributed by atoms with Gasteiger partial charge in [0.15, 0.2) is 0 Å². The zero-order valence-electron chi connectivity index (χ0n) is 17.2. The number of hydrogen-bond acceptors (Lipinski definition) is 3. The minimum atomic E-state index is -1.49. The summed E-state index contributed by atoms with van der Waals surface area (Å²) in [4.78, 5) is 32.1. The molecule has 0 aliphatic heterocycles. The molecule has 1 heterocycles. The summed E-state index contributed by atoms with van der Waals surface area (Å²) < 4.78 is 0. The number of hydrogen-bond donors (Lipinski definition) is 2. The number of aromatic nitrogens is 2. The molecule has 0 spiro atoms. The van der Waals surface area contributed by atoms with Gasteiger partial charge in [-0.25, -0.2) is 4.98 Å². The van der Waals surface area contributed by atoms with Gasteiger partial charge in [0.2, 0.25) is 11.9 Å². The fourth-order valence-electron chi connectivity index (χ4n) is 2.65. The largest absolute Gasteiger partial charge is 0.296 e. The van der Waals surface area contributed by atoms with E-state index in [0.717, 1.165) is 16.3 Å². The molecule has 3 rings (SSSR count). The third kappa shape index (κ3) is 4.32. The van der Waals surface area contributed by atoms with Gasteiger partial charge in [-0.15, -0.1) is 5.54 Å². The van der Waals surface area contributed by atoms with Crippen molar-refractivity contribution in [2.75, 3.05) is 5.32 Å². The highest BCUT2D eigenvalue weighted by atomic mass is 28.3. The summed E-state index contributed by atoms with van der Waals surface area (Å²) in [5, 5.41) is 4.95. The van der Waals surface area contributed by atoms with E-state index in [1.165, 1.54) is 0 Å². The Morgan fingerprint density at radius 3 is 2.46 bits per heavy atom. The molecule has 0 fully saturated rings. The molecule has 0 saturated heterocycles. The number of nitrogens with zero attached hydrogens (tertiary/aromatic N) is 1. The molecule has 0 atom stereocenters. The molecule has 2 aromatic carbocycles. The van der Waals surface area contributed by atoms with Crippen molar-refractivity contribution in [3.63, 3.8) is 0 Å². The Bertz CT molecular complexity index is 1200. The summed E-state index contributed by atoms with van der Waals surface area (Å²) >= 11 is 0. The standard InChI is InChI=1S/C22H25N3O2Si/c1-22(2,3)20(27)25-21-23-17-10-9-15-8-7-14(11-12-28(4,5)6)13-16(15)18(17)19(26)24-21/h7-10,13H,1-6H3,(H2,23,24,25,26,27). The van der Waals surface area contributed by atoms with Crippen LogP contribution in [0.1, 0.15) is 26.3 Å². The Hall–Kier alpha value is -2.91. The molecule has 0 radical (unpaired) electrons. The van der Waals surface area contributed by atoms with E-state index >= 15 is 0 Å². The summed E-state index contributed by atoms with van der Waals surface area (Å²) in [5.41, 5.74) is 3.90. The minimum absolute atomic E-state index is 0.159. The normalized spacial score (nSPS) is 11.9. The van der Waals surface area contributed by atoms with Crippen LogP contribution in [0.3, 0.4) is 0 Å². The lowest BCUT2D eigenvalue weighted by molar-refractivity contribution is -0.123. The number of carbonyl (C=O) groups is 1. The van der Waals surface area contributed by atoms with Gasteiger partial charge in [-0.05, 0) is 29.0 Å². The first-order valence-corrected chi connectivity index (χ1v) is 12.8. The lowest BCUT2D eigenvalue weighted by Gasteiger charge is -2.17. The van der Waals surface area contributed by atoms with Gasteiger partial charge in [0.1, 0.15) is 8.07 Å². The van der Waals surface area contributed by atoms with Gasteiger partial charge >= 0.3 is 0 Å². The summed E-state index contributed by atoms with van der Waals surface area (Å²) in [6.45, 7) is 12.0. The molecule has 1 amide bonds. The third-order valence-corrected chi connectivity index (χ3v) is 5.06. The van der Waals surface area contributed by atoms with Crippen molar-refractivity contribution in [1.82, 2.24) is 9.97 Å². The average molecular weight is 392 g/mol. The lowest BCUT2D eigenvalue weighted by atomic mass is 9.96. The summed E-state index contributed by atoms with van der Waals surface area (Å²) in [7, 11) is -1.49. The zero-order chi connectivity index (χ0) is 20.7. The van der Waals surface area contributed by atoms with Crippen LogP contribution in [0.4, 0.5) is 5.95 Å². The summed E-state index contributed by atoms with van der Waals surface area (Å²) in [6, 6.07) is 9.61. The highest BCUT2D eigenvalue weighted by Crippen LogP contribution is 2.24. The predicted octanol–water partition coefficient (Wildman–Crippen LogP) is 4.29. The van der Waals surface area contributed by atoms with Crippen LogP contribution in [0.25, 0.3) is 21.7 Å². The molecular formula is C22H25N3O2Si. The van der Waals surface area contributed by atoms with Crippen molar-refractivity contribution in [1.29, 1.82) is 0 Å². The van der Waals surface area contributed by atoms with Crippen LogP contribution in [0, 0.1) is 16.9 Å². The third-order valence-electron chi connectivity index (χ3n) is 4.19. The summed E-state index contributed by atoms with van der Waals surface area (Å²) in [5.74, 6) is 3.19. The van der Waals surface area contributed by atoms with E-state index in [1.54, 1.807) is 26.8 Å². The van der Waals surface area contributed by atoms with E-state index in [9.17, 15) is 9.59 Å². The average Bonchev–Trinajstić information content (AvgIpc) is 2.57. The molecular weight excluding hydrogens is 366 g/mol. The van der Waals surface area contributed by atoms with Crippen molar-refractivity contribution in [3.8, 4) is 11.5 Å². The predicted molar refractivity (Wildman–Crippen MR) is 118 cm³/mol. The fraction of sp³-hybridized carbons (Fsp3) is 0.318. The first-order chi connectivity index (χ1) is 12.9. The number of amides is 1. The topological polar surface area (TPSA) is 74.8 Å². The number of fused-ring (bicyclic) bond motifs is 3. The molecule has 144 valence electrons. The van der Waals surface area contributed by atoms with Crippen LogP contribution in [-0.4, -0.2) is 23.9 Å². The Morgan fingerprint density at radius 2 is 1.82 bits per heavy atom. The number of aromatic amines is 1. The molecule has 6 heteroatoms. The molecule has 1 aromatic heterocycles. The molecule has 0 unspecified atom stereocenters. The molecule has 0 aliphatic rings. The van der Waals surface area contributed by atoms with Crippen molar-refractivity contribution >= 4 is 41.6 Å². The maximum absolute atomic E-state index is 12.8. The van der Waals surface area contributed by atoms with Crippen molar-refractivity contribution in [2.24, 2.45) is 5.41 Å². The molecule has 0 bridgehead atoms. The maximum Gasteiger partial charge on any atom is 0.260 e. The van der Waals surface area contributed by atoms with Gasteiger partial charge in [-0.3, -0.25) is 19.9 Å². The van der Waals surface area contributed by atoms with Gasteiger partial charge in [0.25, 0.3) is 5.56 Å². The van der Waals surface area contributed by atoms with Crippen LogP contribution >= 0.6 is 0 Å². The quantitative estimate of drug-likeness (QED) is 0.369. The van der Waals surface area contributed by atoms with Crippen LogP contribution in [-0.2, 0) is 4.79 Å². The second-order valence-electron chi connectivity index (χ2n) is 9.01. The molecule has 5 nitrogen and oxygen atoms in total. The van der Waals surface area contributed by atoms with Crippen LogP contribution in [0.5, 0.6) is 0 Å². The summed E-state index contributed by atoms with van der Waals surface area (Å²) in [6.07, 6.45) is 0. The van der Waals surface area contributed by atoms with Crippen LogP contribution in [0.15, 0.2) is 35.1 Å². The van der Waals surface area contributed by atoms with E-state index in [4.69, 9.17) is 0 Å². The highest BCUT2D eigenvalue weighted by molar-refractivity contribution is 6.83. The van der Waals surface area contributed by atoms with Crippen molar-refractivity contribution < 1.29 is 4.79 Å². The highest BCUT2D eigenvalue weighted by Gasteiger charge is 2.22. The Kier molecular flexibility index (Phi) is 4.90. The van der Waals surface area contributed by atoms with Gasteiger partial charge in [0, 0.05) is 11.0 Å². The number of nitrogens with one attached hydrogen (secondary N) is 2. The molecule has 3 aromatic rings. The lowest BCUT2D eigenvalue weighted by Crippen LogP contribution is -2.29. The van der Waals surface area contributed by atoms with Crippen molar-refractivity contribution in [2.45, 2.75) is 40.4 Å².